The number of hydrogen-bond acceptors (Lipinski definition) is 2. The van der Waals surface area contributed by atoms with Crippen LogP contribution in [0.3, 0.4) is 0 Å². The normalized spacial score (nSPS) is 12.1. The zero-order valence-electron chi connectivity index (χ0n) is 45.2. The fourth-order valence-corrected chi connectivity index (χ4v) is 10.2. The van der Waals surface area contributed by atoms with Crippen LogP contribution in [0.4, 0.5) is 0 Å². The van der Waals surface area contributed by atoms with E-state index in [0.29, 0.717) is 6.42 Å². The first kappa shape index (κ1) is 63.5. The summed E-state index contributed by atoms with van der Waals surface area (Å²) in [7, 11) is 0. The number of rotatable bonds is 58. The van der Waals surface area contributed by atoms with E-state index in [9.17, 15) is 4.79 Å². The summed E-state index contributed by atoms with van der Waals surface area (Å²) in [5, 5.41) is 0. The molecule has 1 unspecified atom stereocenters. The van der Waals surface area contributed by atoms with E-state index in [1.165, 1.54) is 340 Å². The van der Waals surface area contributed by atoms with Gasteiger partial charge in [0.1, 0.15) is 6.10 Å². The molecule has 384 valence electrons. The Hall–Kier alpha value is -0.530. The van der Waals surface area contributed by atoms with E-state index in [1.807, 2.05) is 0 Å². The molecule has 2 heteroatoms. The zero-order valence-corrected chi connectivity index (χ0v) is 45.2. The first-order valence-corrected chi connectivity index (χ1v) is 30.9. The fraction of sp³-hybridized carbons (Fsp3) is 0.984. The van der Waals surface area contributed by atoms with Crippen molar-refractivity contribution in [3.05, 3.63) is 0 Å². The zero-order chi connectivity index (χ0) is 46.2. The summed E-state index contributed by atoms with van der Waals surface area (Å²) in [6.07, 6.45) is 78.8. The molecule has 0 aromatic heterocycles. The summed E-state index contributed by atoms with van der Waals surface area (Å²) in [6, 6.07) is 0. The van der Waals surface area contributed by atoms with E-state index in [2.05, 4.69) is 20.8 Å². The summed E-state index contributed by atoms with van der Waals surface area (Å²) < 4.78 is 6.20. The SMILES string of the molecule is CCCCCCCCCCCCCCCCCCCCCCCCCC(=O)OC(CCCCCCCCCCCCCCCC)CCCCCCCCCCCCCCCCCCC. The third-order valence-corrected chi connectivity index (χ3v) is 14.8. The highest BCUT2D eigenvalue weighted by molar-refractivity contribution is 5.69. The van der Waals surface area contributed by atoms with Gasteiger partial charge < -0.3 is 4.74 Å². The molecular formula is C62H124O2. The summed E-state index contributed by atoms with van der Waals surface area (Å²) in [5.74, 6) is 0.0887. The molecule has 0 aliphatic rings. The van der Waals surface area contributed by atoms with Crippen LogP contribution in [-0.4, -0.2) is 12.1 Å². The summed E-state index contributed by atoms with van der Waals surface area (Å²) in [4.78, 5) is 13.0. The lowest BCUT2D eigenvalue weighted by atomic mass is 10.0. The van der Waals surface area contributed by atoms with E-state index in [1.54, 1.807) is 0 Å². The van der Waals surface area contributed by atoms with E-state index in [0.717, 1.165) is 19.3 Å². The van der Waals surface area contributed by atoms with Gasteiger partial charge in [-0.15, -0.1) is 0 Å². The van der Waals surface area contributed by atoms with Gasteiger partial charge in [-0.1, -0.05) is 348 Å². The van der Waals surface area contributed by atoms with Gasteiger partial charge in [-0.05, 0) is 32.1 Å². The maximum absolute atomic E-state index is 13.0. The molecule has 0 aliphatic heterocycles. The summed E-state index contributed by atoms with van der Waals surface area (Å²) >= 11 is 0. The lowest BCUT2D eigenvalue weighted by Crippen LogP contribution is -2.18. The van der Waals surface area contributed by atoms with Crippen LogP contribution in [0.25, 0.3) is 0 Å². The number of esters is 1. The molecule has 64 heavy (non-hydrogen) atoms. The highest BCUT2D eigenvalue weighted by Gasteiger charge is 2.14. The third kappa shape index (κ3) is 55.8. The van der Waals surface area contributed by atoms with Gasteiger partial charge in [-0.2, -0.15) is 0 Å². The quantitative estimate of drug-likeness (QED) is 0.0449. The molecule has 0 rings (SSSR count). The molecule has 2 nitrogen and oxygen atoms in total. The van der Waals surface area contributed by atoms with Gasteiger partial charge in [0.25, 0.3) is 0 Å². The van der Waals surface area contributed by atoms with E-state index >= 15 is 0 Å². The lowest BCUT2D eigenvalue weighted by Gasteiger charge is -2.18. The Labute approximate surface area is 406 Å². The Morgan fingerprint density at radius 3 is 0.578 bits per heavy atom. The number of carbonyl (C=O) groups is 1. The molecule has 0 fully saturated rings. The Kier molecular flexibility index (Phi) is 58.1. The van der Waals surface area contributed by atoms with Crippen molar-refractivity contribution in [2.45, 2.75) is 393 Å². The van der Waals surface area contributed by atoms with Crippen molar-refractivity contribution >= 4 is 5.97 Å². The highest BCUT2D eigenvalue weighted by atomic mass is 16.5. The Morgan fingerprint density at radius 2 is 0.391 bits per heavy atom. The predicted molar refractivity (Wildman–Crippen MR) is 290 cm³/mol. The Morgan fingerprint density at radius 1 is 0.234 bits per heavy atom. The van der Waals surface area contributed by atoms with Gasteiger partial charge in [-0.25, -0.2) is 0 Å². The minimum atomic E-state index is 0.0887. The van der Waals surface area contributed by atoms with Crippen LogP contribution in [0.15, 0.2) is 0 Å². The largest absolute Gasteiger partial charge is 0.462 e. The van der Waals surface area contributed by atoms with Crippen LogP contribution in [0.1, 0.15) is 387 Å². The van der Waals surface area contributed by atoms with Crippen molar-refractivity contribution in [3.8, 4) is 0 Å². The highest BCUT2D eigenvalue weighted by Crippen LogP contribution is 2.21. The van der Waals surface area contributed by atoms with Gasteiger partial charge in [0.05, 0.1) is 0 Å². The molecule has 0 saturated carbocycles. The van der Waals surface area contributed by atoms with Crippen molar-refractivity contribution in [2.24, 2.45) is 0 Å². The monoisotopic (exact) mass is 901 g/mol. The molecule has 0 N–H and O–H groups in total. The molecule has 0 radical (unpaired) electrons. The second kappa shape index (κ2) is 58.6. The second-order valence-electron chi connectivity index (χ2n) is 21.5. The molecule has 0 heterocycles. The van der Waals surface area contributed by atoms with Crippen LogP contribution in [0.2, 0.25) is 0 Å². The van der Waals surface area contributed by atoms with Gasteiger partial charge >= 0.3 is 5.97 Å². The van der Waals surface area contributed by atoms with Gasteiger partial charge in [-0.3, -0.25) is 4.79 Å². The van der Waals surface area contributed by atoms with Crippen LogP contribution in [-0.2, 0) is 9.53 Å². The fourth-order valence-electron chi connectivity index (χ4n) is 10.2. The average molecular weight is 902 g/mol. The first-order valence-electron chi connectivity index (χ1n) is 30.9. The summed E-state index contributed by atoms with van der Waals surface area (Å²) in [5.41, 5.74) is 0. The van der Waals surface area contributed by atoms with Crippen LogP contribution < -0.4 is 0 Å². The van der Waals surface area contributed by atoms with Crippen LogP contribution in [0.5, 0.6) is 0 Å². The third-order valence-electron chi connectivity index (χ3n) is 14.8. The smallest absolute Gasteiger partial charge is 0.306 e. The molecule has 0 saturated heterocycles. The standard InChI is InChI=1S/C62H124O2/c1-4-7-10-13-16-19-22-25-28-30-31-32-33-34-35-37-39-42-45-48-51-54-57-60-62(63)64-61(58-55-52-49-46-43-40-27-24-21-18-15-12-9-6-3)59-56-53-50-47-44-41-38-36-29-26-23-20-17-14-11-8-5-2/h61H,4-60H2,1-3H3. The molecular weight excluding hydrogens is 777 g/mol. The lowest BCUT2D eigenvalue weighted by molar-refractivity contribution is -0.150. The van der Waals surface area contributed by atoms with Crippen molar-refractivity contribution in [2.75, 3.05) is 0 Å². The number of unbranched alkanes of at least 4 members (excludes halogenated alkanes) is 51. The van der Waals surface area contributed by atoms with Crippen molar-refractivity contribution in [3.63, 3.8) is 0 Å². The second-order valence-corrected chi connectivity index (χ2v) is 21.5. The average Bonchev–Trinajstić information content (AvgIpc) is 3.30. The van der Waals surface area contributed by atoms with Gasteiger partial charge in [0.2, 0.25) is 0 Å². The van der Waals surface area contributed by atoms with Crippen molar-refractivity contribution in [1.82, 2.24) is 0 Å². The van der Waals surface area contributed by atoms with Crippen LogP contribution in [0, 0.1) is 0 Å². The van der Waals surface area contributed by atoms with Gasteiger partial charge in [0.15, 0.2) is 0 Å². The molecule has 0 aliphatic carbocycles. The number of ether oxygens (including phenoxy) is 1. The van der Waals surface area contributed by atoms with Crippen LogP contribution >= 0.6 is 0 Å². The predicted octanol–water partition coefficient (Wildman–Crippen LogP) is 23.2. The molecule has 0 spiro atoms. The molecule has 0 amide bonds. The Balaban J connectivity index is 3.99. The van der Waals surface area contributed by atoms with Crippen molar-refractivity contribution in [1.29, 1.82) is 0 Å². The minimum Gasteiger partial charge on any atom is -0.462 e. The van der Waals surface area contributed by atoms with E-state index in [4.69, 9.17) is 4.74 Å². The molecule has 0 aromatic rings. The molecule has 1 atom stereocenters. The first-order chi connectivity index (χ1) is 31.7. The topological polar surface area (TPSA) is 26.3 Å². The van der Waals surface area contributed by atoms with E-state index in [-0.39, 0.29) is 12.1 Å². The maximum Gasteiger partial charge on any atom is 0.306 e. The Bertz CT molecular complexity index is 822. The summed E-state index contributed by atoms with van der Waals surface area (Å²) in [6.45, 7) is 6.92. The number of hydrogen-bond donors (Lipinski definition) is 0. The van der Waals surface area contributed by atoms with E-state index < -0.39 is 0 Å². The molecule has 0 bridgehead atoms. The number of carbonyl (C=O) groups excluding carboxylic acids is 1. The molecule has 0 aromatic carbocycles. The van der Waals surface area contributed by atoms with Gasteiger partial charge in [0, 0.05) is 6.42 Å². The van der Waals surface area contributed by atoms with Crippen molar-refractivity contribution < 1.29 is 9.53 Å². The maximum atomic E-state index is 13.0. The minimum absolute atomic E-state index is 0.0887.